The van der Waals surface area contributed by atoms with Crippen LogP contribution in [0.2, 0.25) is 5.02 Å². The molecule has 164 valence electrons. The molecule has 1 N–H and O–H groups in total. The van der Waals surface area contributed by atoms with E-state index >= 15 is 0 Å². The molecule has 4 rings (SSSR count). The van der Waals surface area contributed by atoms with E-state index in [1.165, 1.54) is 68.6 Å². The van der Waals surface area contributed by atoms with E-state index in [-0.39, 0.29) is 5.41 Å². The second-order valence-electron chi connectivity index (χ2n) is 7.85. The molecule has 30 heavy (non-hydrogen) atoms. The molecule has 0 radical (unpaired) electrons. The van der Waals surface area contributed by atoms with Gasteiger partial charge >= 0.3 is 12.1 Å². The van der Waals surface area contributed by atoms with Crippen LogP contribution in [0.5, 0.6) is 0 Å². The highest BCUT2D eigenvalue weighted by molar-refractivity contribution is 6.30. The van der Waals surface area contributed by atoms with E-state index < -0.39 is 12.1 Å². The van der Waals surface area contributed by atoms with E-state index in [0.717, 1.165) is 18.0 Å². The number of aromatic nitrogens is 3. The van der Waals surface area contributed by atoms with Gasteiger partial charge in [-0.25, -0.2) is 4.79 Å². The molecule has 1 saturated carbocycles. The van der Waals surface area contributed by atoms with Crippen LogP contribution >= 0.6 is 11.6 Å². The SMILES string of the molecule is Clc1ccc(C2(c3nnc4n3CCCCCC4)CCCC2)cc1.O=C(O)C(F)(F)F. The Kier molecular flexibility index (Phi) is 7.06. The minimum atomic E-state index is -5.08. The minimum absolute atomic E-state index is 0.0367. The van der Waals surface area contributed by atoms with Crippen LogP contribution in [0.3, 0.4) is 0 Å². The van der Waals surface area contributed by atoms with Gasteiger partial charge in [0.05, 0.1) is 5.41 Å². The van der Waals surface area contributed by atoms with E-state index in [1.54, 1.807) is 0 Å². The van der Waals surface area contributed by atoms with Crippen molar-refractivity contribution in [3.05, 3.63) is 46.5 Å². The van der Waals surface area contributed by atoms with E-state index in [2.05, 4.69) is 21.8 Å². The fourth-order valence-electron chi connectivity index (χ4n) is 4.40. The average molecular weight is 444 g/mol. The van der Waals surface area contributed by atoms with Gasteiger partial charge < -0.3 is 9.67 Å². The summed E-state index contributed by atoms with van der Waals surface area (Å²) in [6, 6.07) is 8.42. The number of benzene rings is 1. The predicted molar refractivity (Wildman–Crippen MR) is 107 cm³/mol. The number of carbonyl (C=O) groups is 1. The number of carboxylic acids is 1. The summed E-state index contributed by atoms with van der Waals surface area (Å²) in [6.45, 7) is 1.08. The molecule has 0 unspecified atom stereocenters. The first kappa shape index (κ1) is 22.6. The molecule has 1 aliphatic carbocycles. The molecule has 2 heterocycles. The van der Waals surface area contributed by atoms with Crippen molar-refractivity contribution in [3.8, 4) is 0 Å². The normalized spacial score (nSPS) is 18.5. The average Bonchev–Trinajstić information content (AvgIpc) is 3.30. The maximum absolute atomic E-state index is 10.6. The Balaban J connectivity index is 0.000000318. The molecule has 1 aromatic carbocycles. The van der Waals surface area contributed by atoms with E-state index in [9.17, 15) is 13.2 Å². The topological polar surface area (TPSA) is 68.0 Å². The van der Waals surface area contributed by atoms with Crippen LogP contribution < -0.4 is 0 Å². The summed E-state index contributed by atoms with van der Waals surface area (Å²) in [5.74, 6) is -0.360. The van der Waals surface area contributed by atoms with Crippen LogP contribution in [-0.4, -0.2) is 32.0 Å². The third-order valence-corrected chi connectivity index (χ3v) is 6.14. The molecule has 1 fully saturated rings. The monoisotopic (exact) mass is 443 g/mol. The van der Waals surface area contributed by atoms with Gasteiger partial charge in [0.2, 0.25) is 0 Å². The molecule has 0 spiro atoms. The Labute approximate surface area is 178 Å². The molecule has 5 nitrogen and oxygen atoms in total. The second kappa shape index (κ2) is 9.37. The Morgan fingerprint density at radius 1 is 1.00 bits per heavy atom. The molecule has 0 bridgehead atoms. The number of nitrogens with zero attached hydrogens (tertiary/aromatic N) is 3. The van der Waals surface area contributed by atoms with Gasteiger partial charge in [0.15, 0.2) is 0 Å². The number of fused-ring (bicyclic) bond motifs is 1. The molecule has 0 amide bonds. The molecular formula is C21H25ClF3N3O2. The van der Waals surface area contributed by atoms with Crippen LogP contribution in [0.15, 0.2) is 24.3 Å². The summed E-state index contributed by atoms with van der Waals surface area (Å²) in [4.78, 5) is 8.90. The highest BCUT2D eigenvalue weighted by atomic mass is 35.5. The number of alkyl halides is 3. The van der Waals surface area contributed by atoms with Crippen molar-refractivity contribution in [1.82, 2.24) is 14.8 Å². The van der Waals surface area contributed by atoms with Crippen LogP contribution in [0.4, 0.5) is 13.2 Å². The zero-order valence-corrected chi connectivity index (χ0v) is 17.3. The summed E-state index contributed by atoms with van der Waals surface area (Å²) in [7, 11) is 0. The Morgan fingerprint density at radius 3 is 2.20 bits per heavy atom. The summed E-state index contributed by atoms with van der Waals surface area (Å²) >= 11 is 6.11. The third-order valence-electron chi connectivity index (χ3n) is 5.88. The lowest BCUT2D eigenvalue weighted by molar-refractivity contribution is -0.192. The van der Waals surface area contributed by atoms with Crippen LogP contribution in [0, 0.1) is 0 Å². The van der Waals surface area contributed by atoms with Crippen LogP contribution in [0.25, 0.3) is 0 Å². The maximum Gasteiger partial charge on any atom is 0.490 e. The lowest BCUT2D eigenvalue weighted by Crippen LogP contribution is -2.29. The highest BCUT2D eigenvalue weighted by Crippen LogP contribution is 2.46. The molecule has 0 saturated heterocycles. The van der Waals surface area contributed by atoms with Gasteiger partial charge in [-0.2, -0.15) is 13.2 Å². The van der Waals surface area contributed by atoms with Gasteiger partial charge in [0.25, 0.3) is 0 Å². The van der Waals surface area contributed by atoms with E-state index in [1.807, 2.05) is 12.1 Å². The minimum Gasteiger partial charge on any atom is -0.475 e. The number of rotatable bonds is 2. The van der Waals surface area contributed by atoms with Gasteiger partial charge in [-0.15, -0.1) is 10.2 Å². The predicted octanol–water partition coefficient (Wildman–Crippen LogP) is 5.54. The van der Waals surface area contributed by atoms with Crippen molar-refractivity contribution in [1.29, 1.82) is 0 Å². The second-order valence-corrected chi connectivity index (χ2v) is 8.29. The molecule has 9 heteroatoms. The number of hydrogen-bond donors (Lipinski definition) is 1. The Bertz CT molecular complexity index is 859. The van der Waals surface area contributed by atoms with Crippen molar-refractivity contribution in [3.63, 3.8) is 0 Å². The maximum atomic E-state index is 10.6. The van der Waals surface area contributed by atoms with Gasteiger partial charge in [0.1, 0.15) is 11.6 Å². The number of carboxylic acid groups (broad SMARTS) is 1. The lowest BCUT2D eigenvalue weighted by atomic mass is 9.78. The van der Waals surface area contributed by atoms with Gasteiger partial charge in [0, 0.05) is 18.0 Å². The largest absolute Gasteiger partial charge is 0.490 e. The zero-order chi connectivity index (χ0) is 21.8. The number of hydrogen-bond acceptors (Lipinski definition) is 3. The summed E-state index contributed by atoms with van der Waals surface area (Å²) in [6.07, 6.45) is 6.01. The van der Waals surface area contributed by atoms with Crippen LogP contribution in [-0.2, 0) is 23.2 Å². The summed E-state index contributed by atoms with van der Waals surface area (Å²) in [5, 5.41) is 17.2. The molecular weight excluding hydrogens is 419 g/mol. The van der Waals surface area contributed by atoms with Crippen molar-refractivity contribution < 1.29 is 23.1 Å². The van der Waals surface area contributed by atoms with Crippen LogP contribution in [0.1, 0.15) is 68.6 Å². The van der Waals surface area contributed by atoms with E-state index in [4.69, 9.17) is 26.6 Å². The first-order chi connectivity index (χ1) is 14.2. The first-order valence-electron chi connectivity index (χ1n) is 10.2. The Morgan fingerprint density at radius 2 is 1.60 bits per heavy atom. The van der Waals surface area contributed by atoms with Crippen molar-refractivity contribution in [2.75, 3.05) is 0 Å². The smallest absolute Gasteiger partial charge is 0.475 e. The highest BCUT2D eigenvalue weighted by Gasteiger charge is 2.42. The zero-order valence-electron chi connectivity index (χ0n) is 16.6. The van der Waals surface area contributed by atoms with E-state index in [0.29, 0.717) is 0 Å². The molecule has 2 aliphatic rings. The van der Waals surface area contributed by atoms with Crippen molar-refractivity contribution in [2.45, 2.75) is 75.9 Å². The molecule has 1 aliphatic heterocycles. The first-order valence-corrected chi connectivity index (χ1v) is 10.6. The van der Waals surface area contributed by atoms with Gasteiger partial charge in [-0.3, -0.25) is 0 Å². The number of halogens is 4. The summed E-state index contributed by atoms with van der Waals surface area (Å²) in [5.41, 5.74) is 1.39. The fraction of sp³-hybridized carbons (Fsp3) is 0.571. The van der Waals surface area contributed by atoms with Gasteiger partial charge in [-0.05, 0) is 43.4 Å². The van der Waals surface area contributed by atoms with Gasteiger partial charge in [-0.1, -0.05) is 49.4 Å². The standard InChI is InChI=1S/C19H24ClN3.C2HF3O2/c20-16-10-8-15(9-11-16)19(12-4-5-13-19)18-22-21-17-7-3-1-2-6-14-23(17)18;3-2(4,5)1(6)7/h8-11H,1-7,12-14H2;(H,6,7). The fourth-order valence-corrected chi connectivity index (χ4v) is 4.53. The van der Waals surface area contributed by atoms with Crippen molar-refractivity contribution >= 4 is 17.6 Å². The summed E-state index contributed by atoms with van der Waals surface area (Å²) < 4.78 is 34.2. The number of aliphatic carboxylic acids is 1. The number of aryl methyl sites for hydroxylation is 1. The Hall–Kier alpha value is -2.09. The molecule has 1 aromatic heterocycles. The lowest BCUT2D eigenvalue weighted by Gasteiger charge is -2.30. The third kappa shape index (κ3) is 4.96. The van der Waals surface area contributed by atoms with Crippen molar-refractivity contribution in [2.24, 2.45) is 0 Å². The quantitative estimate of drug-likeness (QED) is 0.661. The molecule has 0 atom stereocenters. The molecule has 2 aromatic rings.